The fourth-order valence-electron chi connectivity index (χ4n) is 1.76. The summed E-state index contributed by atoms with van der Waals surface area (Å²) in [6.45, 7) is 6.05. The van der Waals surface area contributed by atoms with E-state index >= 15 is 0 Å². The Kier molecular flexibility index (Phi) is 6.05. The van der Waals surface area contributed by atoms with Crippen molar-refractivity contribution in [1.82, 2.24) is 5.32 Å². The summed E-state index contributed by atoms with van der Waals surface area (Å²) >= 11 is 11.7. The van der Waals surface area contributed by atoms with Crippen LogP contribution < -0.4 is 5.32 Å². The van der Waals surface area contributed by atoms with E-state index in [9.17, 15) is 14.7 Å². The first-order valence-corrected chi connectivity index (χ1v) is 7.34. The number of nitrogens with one attached hydrogen (secondary N) is 1. The van der Waals surface area contributed by atoms with Crippen molar-refractivity contribution in [2.24, 2.45) is 5.41 Å². The van der Waals surface area contributed by atoms with Crippen LogP contribution in [0.25, 0.3) is 0 Å². The molecular weight excluding hydrogens is 313 g/mol. The monoisotopic (exact) mass is 331 g/mol. The van der Waals surface area contributed by atoms with E-state index < -0.39 is 17.9 Å². The third kappa shape index (κ3) is 6.36. The first kappa shape index (κ1) is 17.8. The molecule has 0 saturated carbocycles. The van der Waals surface area contributed by atoms with Crippen molar-refractivity contribution in [2.75, 3.05) is 0 Å². The lowest BCUT2D eigenvalue weighted by Crippen LogP contribution is -2.41. The zero-order valence-corrected chi connectivity index (χ0v) is 13.8. The Morgan fingerprint density at radius 1 is 1.19 bits per heavy atom. The summed E-state index contributed by atoms with van der Waals surface area (Å²) in [5.74, 6) is -1.55. The van der Waals surface area contributed by atoms with Gasteiger partial charge >= 0.3 is 5.97 Å². The van der Waals surface area contributed by atoms with Gasteiger partial charge in [-0.15, -0.1) is 0 Å². The lowest BCUT2D eigenvalue weighted by Gasteiger charge is -2.21. The van der Waals surface area contributed by atoms with Crippen molar-refractivity contribution in [3.63, 3.8) is 0 Å². The number of carbonyl (C=O) groups excluding carboxylic acids is 1. The van der Waals surface area contributed by atoms with Crippen LogP contribution in [0.1, 0.15) is 44.0 Å². The molecule has 4 nitrogen and oxygen atoms in total. The number of benzene rings is 1. The molecule has 0 aliphatic rings. The highest BCUT2D eigenvalue weighted by Crippen LogP contribution is 2.22. The zero-order valence-electron chi connectivity index (χ0n) is 12.2. The predicted octanol–water partition coefficient (Wildman–Crippen LogP) is 4.00. The number of carboxylic acid groups (broad SMARTS) is 1. The molecule has 116 valence electrons. The second-order valence-electron chi connectivity index (χ2n) is 6.12. The zero-order chi connectivity index (χ0) is 16.2. The molecule has 21 heavy (non-hydrogen) atoms. The summed E-state index contributed by atoms with van der Waals surface area (Å²) in [6.07, 6.45) is 1.04. The van der Waals surface area contributed by atoms with E-state index in [4.69, 9.17) is 23.2 Å². The van der Waals surface area contributed by atoms with Gasteiger partial charge in [-0.2, -0.15) is 0 Å². The topological polar surface area (TPSA) is 66.4 Å². The summed E-state index contributed by atoms with van der Waals surface area (Å²) in [6, 6.07) is 3.47. The second-order valence-corrected chi connectivity index (χ2v) is 6.99. The van der Waals surface area contributed by atoms with Gasteiger partial charge in [0.25, 0.3) is 5.91 Å². The highest BCUT2D eigenvalue weighted by Gasteiger charge is 2.23. The normalized spacial score (nSPS) is 12.8. The smallest absolute Gasteiger partial charge is 0.326 e. The predicted molar refractivity (Wildman–Crippen MR) is 84.0 cm³/mol. The fraction of sp³-hybridized carbons (Fsp3) is 0.467. The molecule has 0 radical (unpaired) electrons. The highest BCUT2D eigenvalue weighted by atomic mass is 35.5. The molecular formula is C15H19Cl2NO3. The Morgan fingerprint density at radius 2 is 1.71 bits per heavy atom. The van der Waals surface area contributed by atoms with Crippen molar-refractivity contribution in [3.05, 3.63) is 33.8 Å². The van der Waals surface area contributed by atoms with Crippen LogP contribution in [0, 0.1) is 5.41 Å². The van der Waals surface area contributed by atoms with Crippen molar-refractivity contribution in [3.8, 4) is 0 Å². The van der Waals surface area contributed by atoms with Crippen molar-refractivity contribution in [1.29, 1.82) is 0 Å². The van der Waals surface area contributed by atoms with Gasteiger partial charge in [-0.3, -0.25) is 4.79 Å². The number of carbonyl (C=O) groups is 2. The molecule has 0 heterocycles. The third-order valence-corrected chi connectivity index (χ3v) is 3.35. The van der Waals surface area contributed by atoms with Crippen LogP contribution in [-0.2, 0) is 4.79 Å². The molecule has 6 heteroatoms. The Hall–Kier alpha value is -1.26. The molecule has 0 bridgehead atoms. The van der Waals surface area contributed by atoms with Gasteiger partial charge < -0.3 is 10.4 Å². The van der Waals surface area contributed by atoms with Gasteiger partial charge in [0.05, 0.1) is 0 Å². The molecule has 0 spiro atoms. The minimum atomic E-state index is -1.05. The summed E-state index contributed by atoms with van der Waals surface area (Å²) in [7, 11) is 0. The van der Waals surface area contributed by atoms with Crippen molar-refractivity contribution < 1.29 is 14.7 Å². The summed E-state index contributed by atoms with van der Waals surface area (Å²) < 4.78 is 0. The van der Waals surface area contributed by atoms with Crippen LogP contribution in [0.5, 0.6) is 0 Å². The standard InChI is InChI=1S/C15H19Cl2NO3/c1-15(2,3)5-4-12(14(20)21)18-13(19)9-6-10(16)8-11(17)7-9/h6-8,12H,4-5H2,1-3H3,(H,18,19)(H,20,21)/t12-/m0/s1. The van der Waals surface area contributed by atoms with Gasteiger partial charge in [-0.25, -0.2) is 4.79 Å². The Balaban J connectivity index is 2.79. The van der Waals surface area contributed by atoms with Gasteiger partial charge in [-0.05, 0) is 36.5 Å². The number of amides is 1. The Bertz CT molecular complexity index is 518. The maximum atomic E-state index is 12.1. The number of halogens is 2. The maximum Gasteiger partial charge on any atom is 0.326 e. The van der Waals surface area contributed by atoms with Gasteiger partial charge in [0.15, 0.2) is 0 Å². The number of hydrogen-bond donors (Lipinski definition) is 2. The lowest BCUT2D eigenvalue weighted by atomic mass is 9.88. The van der Waals surface area contributed by atoms with Gasteiger partial charge in [0, 0.05) is 15.6 Å². The minimum Gasteiger partial charge on any atom is -0.480 e. The van der Waals surface area contributed by atoms with E-state index in [1.165, 1.54) is 18.2 Å². The van der Waals surface area contributed by atoms with Crippen LogP contribution in [0.4, 0.5) is 0 Å². The van der Waals surface area contributed by atoms with E-state index in [0.717, 1.165) is 0 Å². The van der Waals surface area contributed by atoms with Crippen LogP contribution in [0.15, 0.2) is 18.2 Å². The summed E-state index contributed by atoms with van der Waals surface area (Å²) in [5.41, 5.74) is 0.243. The molecule has 0 aliphatic heterocycles. The number of aliphatic carboxylic acids is 1. The molecule has 0 unspecified atom stereocenters. The number of carboxylic acids is 1. The number of rotatable bonds is 5. The molecule has 1 rings (SSSR count). The molecule has 1 aromatic rings. The van der Waals surface area contributed by atoms with Gasteiger partial charge in [-0.1, -0.05) is 44.0 Å². The molecule has 1 amide bonds. The summed E-state index contributed by atoms with van der Waals surface area (Å²) in [5, 5.41) is 12.4. The van der Waals surface area contributed by atoms with Gasteiger partial charge in [0.2, 0.25) is 0 Å². The Morgan fingerprint density at radius 3 is 2.14 bits per heavy atom. The van der Waals surface area contributed by atoms with Crippen LogP contribution >= 0.6 is 23.2 Å². The quantitative estimate of drug-likeness (QED) is 0.856. The molecule has 0 aliphatic carbocycles. The molecule has 0 aromatic heterocycles. The molecule has 1 aromatic carbocycles. The first-order valence-electron chi connectivity index (χ1n) is 6.58. The minimum absolute atomic E-state index is 0.00219. The maximum absolute atomic E-state index is 12.1. The third-order valence-electron chi connectivity index (χ3n) is 2.91. The molecule has 0 saturated heterocycles. The molecule has 1 atom stereocenters. The largest absolute Gasteiger partial charge is 0.480 e. The van der Waals surface area contributed by atoms with Crippen molar-refractivity contribution in [2.45, 2.75) is 39.7 Å². The van der Waals surface area contributed by atoms with E-state index in [-0.39, 0.29) is 11.0 Å². The van der Waals surface area contributed by atoms with E-state index in [2.05, 4.69) is 5.32 Å². The highest BCUT2D eigenvalue weighted by molar-refractivity contribution is 6.35. The number of hydrogen-bond acceptors (Lipinski definition) is 2. The average Bonchev–Trinajstić information content (AvgIpc) is 2.31. The fourth-order valence-corrected chi connectivity index (χ4v) is 2.29. The van der Waals surface area contributed by atoms with Crippen LogP contribution in [0.3, 0.4) is 0 Å². The lowest BCUT2D eigenvalue weighted by molar-refractivity contribution is -0.139. The summed E-state index contributed by atoms with van der Waals surface area (Å²) in [4.78, 5) is 23.3. The van der Waals surface area contributed by atoms with E-state index in [0.29, 0.717) is 22.9 Å². The van der Waals surface area contributed by atoms with Crippen LogP contribution in [0.2, 0.25) is 10.0 Å². The molecule has 0 fully saturated rings. The van der Waals surface area contributed by atoms with Crippen molar-refractivity contribution >= 4 is 35.1 Å². The first-order chi connectivity index (χ1) is 9.58. The average molecular weight is 332 g/mol. The van der Waals surface area contributed by atoms with E-state index in [1.807, 2.05) is 20.8 Å². The molecule has 2 N–H and O–H groups in total. The van der Waals surface area contributed by atoms with Crippen LogP contribution in [-0.4, -0.2) is 23.0 Å². The second kappa shape index (κ2) is 7.14. The van der Waals surface area contributed by atoms with Gasteiger partial charge in [0.1, 0.15) is 6.04 Å². The Labute approximate surface area is 134 Å². The van der Waals surface area contributed by atoms with E-state index in [1.54, 1.807) is 0 Å². The SMILES string of the molecule is CC(C)(C)CC[C@H](NC(=O)c1cc(Cl)cc(Cl)c1)C(=O)O.